The van der Waals surface area contributed by atoms with Gasteiger partial charge in [-0.25, -0.2) is 0 Å². The molecule has 0 aliphatic carbocycles. The van der Waals surface area contributed by atoms with Crippen molar-refractivity contribution in [3.8, 4) is 0 Å². The normalized spacial score (nSPS) is 20.7. The second-order valence-corrected chi connectivity index (χ2v) is 5.13. The first-order valence-electron chi connectivity index (χ1n) is 6.95. The van der Waals surface area contributed by atoms with E-state index in [0.717, 1.165) is 19.1 Å². The highest BCUT2D eigenvalue weighted by atomic mass is 15.2. The summed E-state index contributed by atoms with van der Waals surface area (Å²) in [4.78, 5) is 5.09. The smallest absolute Gasteiger partial charge is 0.0192 e. The standard InChI is InChI=1S/C14H29N3/c1-5-9-15-12-13(3)16(4)14-7-10-17(6-2)11-8-14/h5,13-15H,1,6-12H2,2-4H3. The van der Waals surface area contributed by atoms with Crippen molar-refractivity contribution in [3.05, 3.63) is 12.7 Å². The minimum absolute atomic E-state index is 0.605. The van der Waals surface area contributed by atoms with Crippen molar-refractivity contribution in [1.29, 1.82) is 0 Å². The highest BCUT2D eigenvalue weighted by Gasteiger charge is 2.24. The van der Waals surface area contributed by atoms with E-state index in [2.05, 4.69) is 42.6 Å². The highest BCUT2D eigenvalue weighted by molar-refractivity contribution is 4.82. The van der Waals surface area contributed by atoms with Gasteiger partial charge in [0.1, 0.15) is 0 Å². The van der Waals surface area contributed by atoms with Gasteiger partial charge in [-0.3, -0.25) is 4.90 Å². The summed E-state index contributed by atoms with van der Waals surface area (Å²) in [5.74, 6) is 0. The van der Waals surface area contributed by atoms with Crippen LogP contribution in [0.4, 0.5) is 0 Å². The molecule has 0 aromatic heterocycles. The van der Waals surface area contributed by atoms with E-state index in [1.165, 1.54) is 32.5 Å². The van der Waals surface area contributed by atoms with Crippen LogP contribution in [0.15, 0.2) is 12.7 Å². The lowest BCUT2D eigenvalue weighted by Crippen LogP contribution is -2.48. The van der Waals surface area contributed by atoms with Crippen LogP contribution in [0.2, 0.25) is 0 Å². The number of likely N-dealkylation sites (N-methyl/N-ethyl adjacent to an activating group) is 1. The first-order valence-corrected chi connectivity index (χ1v) is 6.95. The number of hydrogen-bond donors (Lipinski definition) is 1. The molecule has 1 aliphatic heterocycles. The van der Waals surface area contributed by atoms with E-state index in [9.17, 15) is 0 Å². The van der Waals surface area contributed by atoms with Gasteiger partial charge in [0.15, 0.2) is 0 Å². The summed E-state index contributed by atoms with van der Waals surface area (Å²) in [7, 11) is 2.27. The Morgan fingerprint density at radius 1 is 1.47 bits per heavy atom. The molecule has 1 unspecified atom stereocenters. The number of hydrogen-bond acceptors (Lipinski definition) is 3. The zero-order valence-electron chi connectivity index (χ0n) is 11.8. The Kier molecular flexibility index (Phi) is 6.78. The summed E-state index contributed by atoms with van der Waals surface area (Å²) in [6, 6.07) is 1.37. The van der Waals surface area contributed by atoms with E-state index in [0.29, 0.717) is 6.04 Å². The summed E-state index contributed by atoms with van der Waals surface area (Å²) in [6.07, 6.45) is 4.55. The van der Waals surface area contributed by atoms with Crippen LogP contribution in [-0.4, -0.2) is 61.7 Å². The van der Waals surface area contributed by atoms with Crippen LogP contribution in [0, 0.1) is 0 Å². The Labute approximate surface area is 107 Å². The van der Waals surface area contributed by atoms with Gasteiger partial charge < -0.3 is 10.2 Å². The molecule has 0 radical (unpaired) electrons. The molecule has 1 fully saturated rings. The van der Waals surface area contributed by atoms with Crippen LogP contribution in [0.25, 0.3) is 0 Å². The topological polar surface area (TPSA) is 18.5 Å². The SMILES string of the molecule is C=CCNCC(C)N(C)C1CCN(CC)CC1. The van der Waals surface area contributed by atoms with E-state index in [-0.39, 0.29) is 0 Å². The molecule has 1 heterocycles. The molecule has 0 bridgehead atoms. The number of rotatable bonds is 7. The lowest BCUT2D eigenvalue weighted by Gasteiger charge is -2.39. The van der Waals surface area contributed by atoms with Crippen LogP contribution in [0.1, 0.15) is 26.7 Å². The van der Waals surface area contributed by atoms with Crippen LogP contribution in [0.5, 0.6) is 0 Å². The van der Waals surface area contributed by atoms with E-state index < -0.39 is 0 Å². The lowest BCUT2D eigenvalue weighted by atomic mass is 10.0. The molecule has 100 valence electrons. The molecule has 1 N–H and O–H groups in total. The molecule has 0 aromatic carbocycles. The maximum atomic E-state index is 3.73. The third-order valence-corrected chi connectivity index (χ3v) is 4.00. The van der Waals surface area contributed by atoms with E-state index >= 15 is 0 Å². The van der Waals surface area contributed by atoms with Crippen molar-refractivity contribution in [3.63, 3.8) is 0 Å². The summed E-state index contributed by atoms with van der Waals surface area (Å²) < 4.78 is 0. The average Bonchev–Trinajstić information content (AvgIpc) is 2.38. The van der Waals surface area contributed by atoms with Gasteiger partial charge in [0.25, 0.3) is 0 Å². The van der Waals surface area contributed by atoms with Crippen LogP contribution in [-0.2, 0) is 0 Å². The number of piperidine rings is 1. The Morgan fingerprint density at radius 2 is 2.12 bits per heavy atom. The van der Waals surface area contributed by atoms with Gasteiger partial charge in [-0.2, -0.15) is 0 Å². The first kappa shape index (κ1) is 14.7. The monoisotopic (exact) mass is 239 g/mol. The summed E-state index contributed by atoms with van der Waals surface area (Å²) in [6.45, 7) is 14.0. The molecule has 1 saturated heterocycles. The van der Waals surface area contributed by atoms with Gasteiger partial charge in [0.2, 0.25) is 0 Å². The Morgan fingerprint density at radius 3 is 2.65 bits per heavy atom. The largest absolute Gasteiger partial charge is 0.312 e. The fraction of sp³-hybridized carbons (Fsp3) is 0.857. The second-order valence-electron chi connectivity index (χ2n) is 5.13. The molecule has 3 nitrogen and oxygen atoms in total. The third kappa shape index (κ3) is 4.78. The van der Waals surface area contributed by atoms with Crippen LogP contribution >= 0.6 is 0 Å². The maximum absolute atomic E-state index is 3.73. The molecular formula is C14H29N3. The minimum Gasteiger partial charge on any atom is -0.312 e. The molecule has 3 heteroatoms. The highest BCUT2D eigenvalue weighted by Crippen LogP contribution is 2.16. The molecular weight excluding hydrogens is 210 g/mol. The summed E-state index contributed by atoms with van der Waals surface area (Å²) in [5.41, 5.74) is 0. The van der Waals surface area contributed by atoms with Crippen LogP contribution < -0.4 is 5.32 Å². The number of likely N-dealkylation sites (tertiary alicyclic amines) is 1. The zero-order valence-corrected chi connectivity index (χ0v) is 11.8. The molecule has 0 spiro atoms. The van der Waals surface area contributed by atoms with Gasteiger partial charge in [0, 0.05) is 25.2 Å². The van der Waals surface area contributed by atoms with Crippen molar-refractivity contribution in [2.24, 2.45) is 0 Å². The molecule has 1 atom stereocenters. The minimum atomic E-state index is 0.605. The summed E-state index contributed by atoms with van der Waals surface area (Å²) >= 11 is 0. The van der Waals surface area contributed by atoms with Gasteiger partial charge in [-0.1, -0.05) is 13.0 Å². The zero-order chi connectivity index (χ0) is 12.7. The van der Waals surface area contributed by atoms with E-state index in [1.54, 1.807) is 0 Å². The average molecular weight is 239 g/mol. The fourth-order valence-electron chi connectivity index (χ4n) is 2.54. The van der Waals surface area contributed by atoms with Crippen molar-refractivity contribution >= 4 is 0 Å². The Bertz CT molecular complexity index is 210. The van der Waals surface area contributed by atoms with Crippen molar-refractivity contribution in [2.45, 2.75) is 38.8 Å². The van der Waals surface area contributed by atoms with Crippen LogP contribution in [0.3, 0.4) is 0 Å². The van der Waals surface area contributed by atoms with Gasteiger partial charge in [-0.05, 0) is 46.4 Å². The number of nitrogens with one attached hydrogen (secondary N) is 1. The van der Waals surface area contributed by atoms with E-state index in [4.69, 9.17) is 0 Å². The van der Waals surface area contributed by atoms with Crippen molar-refractivity contribution in [1.82, 2.24) is 15.1 Å². The predicted molar refractivity (Wildman–Crippen MR) is 75.4 cm³/mol. The summed E-state index contributed by atoms with van der Waals surface area (Å²) in [5, 5.41) is 3.40. The molecule has 17 heavy (non-hydrogen) atoms. The van der Waals surface area contributed by atoms with Gasteiger partial charge in [0.05, 0.1) is 0 Å². The molecule has 0 saturated carbocycles. The van der Waals surface area contributed by atoms with Crippen molar-refractivity contribution in [2.75, 3.05) is 39.8 Å². The molecule has 0 amide bonds. The maximum Gasteiger partial charge on any atom is 0.0192 e. The fourth-order valence-corrected chi connectivity index (χ4v) is 2.54. The lowest BCUT2D eigenvalue weighted by molar-refractivity contribution is 0.104. The second kappa shape index (κ2) is 7.85. The van der Waals surface area contributed by atoms with Gasteiger partial charge >= 0.3 is 0 Å². The third-order valence-electron chi connectivity index (χ3n) is 4.00. The number of nitrogens with zero attached hydrogens (tertiary/aromatic N) is 2. The Hall–Kier alpha value is -0.380. The quantitative estimate of drug-likeness (QED) is 0.537. The molecule has 0 aromatic rings. The Balaban J connectivity index is 2.26. The predicted octanol–water partition coefficient (Wildman–Crippen LogP) is 1.57. The van der Waals surface area contributed by atoms with E-state index in [1.807, 2.05) is 6.08 Å². The molecule has 1 aliphatic rings. The molecule has 1 rings (SSSR count). The first-order chi connectivity index (χ1) is 8.19. The van der Waals surface area contributed by atoms with Gasteiger partial charge in [-0.15, -0.1) is 6.58 Å². The van der Waals surface area contributed by atoms with Crippen molar-refractivity contribution < 1.29 is 0 Å².